The number of halogens is 1. The van der Waals surface area contributed by atoms with Gasteiger partial charge >= 0.3 is 0 Å². The zero-order valence-electron chi connectivity index (χ0n) is 12.5. The second-order valence-electron chi connectivity index (χ2n) is 5.33. The molecule has 1 aromatic carbocycles. The lowest BCUT2D eigenvalue weighted by atomic mass is 10.1. The van der Waals surface area contributed by atoms with Crippen LogP contribution in [0, 0.1) is 5.82 Å². The summed E-state index contributed by atoms with van der Waals surface area (Å²) in [6.45, 7) is 2.75. The van der Waals surface area contributed by atoms with Crippen LogP contribution in [0.2, 0.25) is 0 Å². The summed E-state index contributed by atoms with van der Waals surface area (Å²) in [4.78, 5) is 13.9. The molecule has 0 saturated carbocycles. The molecule has 0 spiro atoms. The molecule has 5 heteroatoms. The highest BCUT2D eigenvalue weighted by atomic mass is 19.1. The molecule has 0 bridgehead atoms. The third-order valence-corrected chi connectivity index (χ3v) is 3.80. The Kier molecular flexibility index (Phi) is 5.99. The summed E-state index contributed by atoms with van der Waals surface area (Å²) < 4.78 is 18.7. The Morgan fingerprint density at radius 3 is 2.76 bits per heavy atom. The first-order valence-electron chi connectivity index (χ1n) is 7.51. The van der Waals surface area contributed by atoms with Gasteiger partial charge in [-0.3, -0.25) is 4.79 Å². The fourth-order valence-electron chi connectivity index (χ4n) is 2.52. The Balaban J connectivity index is 1.70. The number of rotatable bonds is 6. The molecule has 0 unspecified atom stereocenters. The molecule has 1 heterocycles. The average molecular weight is 294 g/mol. The number of hydrogen-bond donors (Lipinski definition) is 1. The number of ether oxygens (including phenoxy) is 1. The molecule has 21 heavy (non-hydrogen) atoms. The van der Waals surface area contributed by atoms with Crippen molar-refractivity contribution in [2.75, 3.05) is 26.7 Å². The van der Waals surface area contributed by atoms with Crippen molar-refractivity contribution in [1.82, 2.24) is 10.2 Å². The van der Waals surface area contributed by atoms with E-state index in [1.807, 2.05) is 4.90 Å². The molecule has 116 valence electrons. The van der Waals surface area contributed by atoms with E-state index in [0.29, 0.717) is 30.8 Å². The first-order valence-corrected chi connectivity index (χ1v) is 7.51. The second-order valence-corrected chi connectivity index (χ2v) is 5.33. The molecule has 1 fully saturated rings. The second kappa shape index (κ2) is 7.98. The summed E-state index contributed by atoms with van der Waals surface area (Å²) in [7, 11) is 1.51. The molecule has 0 radical (unpaired) electrons. The van der Waals surface area contributed by atoms with Crippen LogP contribution in [0.5, 0.6) is 5.75 Å². The summed E-state index contributed by atoms with van der Waals surface area (Å²) in [6, 6.07) is 4.81. The number of likely N-dealkylation sites (tertiary alicyclic amines) is 1. The molecule has 1 amide bonds. The van der Waals surface area contributed by atoms with E-state index in [4.69, 9.17) is 4.74 Å². The lowest BCUT2D eigenvalue weighted by Gasteiger charge is -2.26. The number of amides is 1. The molecule has 0 aliphatic carbocycles. The van der Waals surface area contributed by atoms with Gasteiger partial charge in [-0.1, -0.05) is 6.07 Å². The number of piperidine rings is 1. The maximum Gasteiger partial charge on any atom is 0.223 e. The highest BCUT2D eigenvalue weighted by Gasteiger charge is 2.15. The lowest BCUT2D eigenvalue weighted by molar-refractivity contribution is -0.131. The van der Waals surface area contributed by atoms with E-state index in [1.165, 1.54) is 19.6 Å². The van der Waals surface area contributed by atoms with Crippen molar-refractivity contribution in [3.05, 3.63) is 29.6 Å². The minimum absolute atomic E-state index is 0.192. The monoisotopic (exact) mass is 294 g/mol. The van der Waals surface area contributed by atoms with E-state index in [2.05, 4.69) is 5.32 Å². The van der Waals surface area contributed by atoms with Crippen LogP contribution < -0.4 is 10.1 Å². The van der Waals surface area contributed by atoms with Gasteiger partial charge in [0.25, 0.3) is 0 Å². The van der Waals surface area contributed by atoms with E-state index in [0.717, 1.165) is 25.9 Å². The van der Waals surface area contributed by atoms with E-state index in [9.17, 15) is 9.18 Å². The number of nitrogens with one attached hydrogen (secondary N) is 1. The van der Waals surface area contributed by atoms with Gasteiger partial charge in [-0.15, -0.1) is 0 Å². The fraction of sp³-hybridized carbons (Fsp3) is 0.562. The number of nitrogens with zero attached hydrogens (tertiary/aromatic N) is 1. The highest BCUT2D eigenvalue weighted by Crippen LogP contribution is 2.16. The van der Waals surface area contributed by atoms with Crippen molar-refractivity contribution >= 4 is 5.91 Å². The zero-order chi connectivity index (χ0) is 15.1. The van der Waals surface area contributed by atoms with Gasteiger partial charge in [0, 0.05) is 44.2 Å². The van der Waals surface area contributed by atoms with E-state index < -0.39 is 0 Å². The zero-order valence-corrected chi connectivity index (χ0v) is 12.5. The molecular formula is C16H23FN2O2. The van der Waals surface area contributed by atoms with Crippen molar-refractivity contribution in [2.24, 2.45) is 0 Å². The van der Waals surface area contributed by atoms with Crippen LogP contribution in [0.4, 0.5) is 4.39 Å². The van der Waals surface area contributed by atoms with Gasteiger partial charge in [0.15, 0.2) is 0 Å². The van der Waals surface area contributed by atoms with E-state index >= 15 is 0 Å². The minimum atomic E-state index is -0.288. The summed E-state index contributed by atoms with van der Waals surface area (Å²) in [6.07, 6.45) is 3.91. The van der Waals surface area contributed by atoms with Crippen LogP contribution in [0.25, 0.3) is 0 Å². The first kappa shape index (κ1) is 15.8. The summed E-state index contributed by atoms with van der Waals surface area (Å²) in [5.41, 5.74) is 0.584. The third kappa shape index (κ3) is 4.70. The molecule has 1 aliphatic heterocycles. The van der Waals surface area contributed by atoms with Crippen LogP contribution in [-0.4, -0.2) is 37.6 Å². The molecule has 1 aliphatic rings. The summed E-state index contributed by atoms with van der Waals surface area (Å²) >= 11 is 0. The van der Waals surface area contributed by atoms with Crippen LogP contribution in [0.1, 0.15) is 31.2 Å². The van der Waals surface area contributed by atoms with E-state index in [-0.39, 0.29) is 11.7 Å². The molecule has 0 aromatic heterocycles. The predicted molar refractivity (Wildman–Crippen MR) is 79.7 cm³/mol. The quantitative estimate of drug-likeness (QED) is 0.819. The van der Waals surface area contributed by atoms with Gasteiger partial charge in [0.2, 0.25) is 5.91 Å². The van der Waals surface area contributed by atoms with Gasteiger partial charge in [-0.2, -0.15) is 0 Å². The molecular weight excluding hydrogens is 271 g/mol. The van der Waals surface area contributed by atoms with Crippen molar-refractivity contribution in [1.29, 1.82) is 0 Å². The van der Waals surface area contributed by atoms with Crippen LogP contribution in [0.3, 0.4) is 0 Å². The van der Waals surface area contributed by atoms with Crippen molar-refractivity contribution < 1.29 is 13.9 Å². The number of benzene rings is 1. The Morgan fingerprint density at radius 2 is 2.10 bits per heavy atom. The molecule has 1 saturated heterocycles. The molecule has 0 atom stereocenters. The fourth-order valence-corrected chi connectivity index (χ4v) is 2.52. The van der Waals surface area contributed by atoms with Crippen molar-refractivity contribution in [3.63, 3.8) is 0 Å². The van der Waals surface area contributed by atoms with Gasteiger partial charge in [-0.25, -0.2) is 4.39 Å². The van der Waals surface area contributed by atoms with Crippen LogP contribution in [-0.2, 0) is 11.3 Å². The van der Waals surface area contributed by atoms with Gasteiger partial charge in [-0.05, 0) is 25.3 Å². The smallest absolute Gasteiger partial charge is 0.223 e. The van der Waals surface area contributed by atoms with Gasteiger partial charge < -0.3 is 15.0 Å². The Morgan fingerprint density at radius 1 is 1.33 bits per heavy atom. The Hall–Kier alpha value is -1.62. The predicted octanol–water partition coefficient (Wildman–Crippen LogP) is 2.33. The maximum absolute atomic E-state index is 13.7. The van der Waals surface area contributed by atoms with E-state index in [1.54, 1.807) is 12.1 Å². The van der Waals surface area contributed by atoms with Crippen molar-refractivity contribution in [2.45, 2.75) is 32.2 Å². The average Bonchev–Trinajstić information content (AvgIpc) is 2.53. The third-order valence-electron chi connectivity index (χ3n) is 3.80. The molecule has 1 N–H and O–H groups in total. The number of carbonyl (C=O) groups is 1. The van der Waals surface area contributed by atoms with Gasteiger partial charge in [0.05, 0.1) is 7.11 Å². The summed E-state index contributed by atoms with van der Waals surface area (Å²) in [5.74, 6) is 0.415. The Bertz CT molecular complexity index is 473. The SMILES string of the molecule is COc1ccc(CNCCC(=O)N2CCCCC2)c(F)c1. The van der Waals surface area contributed by atoms with Crippen LogP contribution >= 0.6 is 0 Å². The minimum Gasteiger partial charge on any atom is -0.497 e. The molecule has 2 rings (SSSR count). The molecule has 4 nitrogen and oxygen atoms in total. The Labute approximate surface area is 125 Å². The lowest BCUT2D eigenvalue weighted by Crippen LogP contribution is -2.37. The maximum atomic E-state index is 13.7. The summed E-state index contributed by atoms with van der Waals surface area (Å²) in [5, 5.41) is 3.12. The van der Waals surface area contributed by atoms with Crippen LogP contribution in [0.15, 0.2) is 18.2 Å². The number of carbonyl (C=O) groups excluding carboxylic acids is 1. The van der Waals surface area contributed by atoms with Crippen molar-refractivity contribution in [3.8, 4) is 5.75 Å². The normalized spacial score (nSPS) is 15.0. The van der Waals surface area contributed by atoms with Gasteiger partial charge in [0.1, 0.15) is 11.6 Å². The number of methoxy groups -OCH3 is 1. The number of hydrogen-bond acceptors (Lipinski definition) is 3. The topological polar surface area (TPSA) is 41.6 Å². The first-order chi connectivity index (χ1) is 10.2. The largest absolute Gasteiger partial charge is 0.497 e. The standard InChI is InChI=1S/C16H23FN2O2/c1-21-14-6-5-13(15(17)11-14)12-18-8-7-16(20)19-9-3-2-4-10-19/h5-6,11,18H,2-4,7-10,12H2,1H3. The highest BCUT2D eigenvalue weighted by molar-refractivity contribution is 5.76. The molecule has 1 aromatic rings.